The van der Waals surface area contributed by atoms with Crippen LogP contribution in [0, 0.1) is 18.1 Å². The van der Waals surface area contributed by atoms with Gasteiger partial charge in [-0.05, 0) is 69.6 Å². The Morgan fingerprint density at radius 1 is 0.631 bits per heavy atom. The van der Waals surface area contributed by atoms with Gasteiger partial charge in [-0.1, -0.05) is 171 Å². The fraction of sp³-hybridized carbons (Fsp3) is 0.119. The van der Waals surface area contributed by atoms with Crippen molar-refractivity contribution in [3.05, 3.63) is 206 Å². The van der Waals surface area contributed by atoms with E-state index in [4.69, 9.17) is 9.40 Å². The van der Waals surface area contributed by atoms with Gasteiger partial charge >= 0.3 is 0 Å². The van der Waals surface area contributed by atoms with Crippen LogP contribution in [0.3, 0.4) is 0 Å². The van der Waals surface area contributed by atoms with Crippen molar-refractivity contribution >= 4 is 57.0 Å². The first-order valence-corrected chi connectivity index (χ1v) is 25.7. The van der Waals surface area contributed by atoms with E-state index in [2.05, 4.69) is 207 Å². The normalized spacial score (nSPS) is 11.5. The Hall–Kier alpha value is -6.69. The summed E-state index contributed by atoms with van der Waals surface area (Å²) in [6.07, 6.45) is 3.24. The van der Waals surface area contributed by atoms with Gasteiger partial charge in [0.1, 0.15) is 5.58 Å². The summed E-state index contributed by atoms with van der Waals surface area (Å²) in [6.45, 7) is 11.7. The number of furan rings is 1. The molecule has 6 heteroatoms. The molecule has 0 spiro atoms. The molecular weight excluding hydrogens is 987 g/mol. The largest absolute Gasteiger partial charge is 0.501 e. The van der Waals surface area contributed by atoms with Gasteiger partial charge in [0.2, 0.25) is 0 Å². The summed E-state index contributed by atoms with van der Waals surface area (Å²) in [5, 5.41) is 5.91. The van der Waals surface area contributed by atoms with Crippen molar-refractivity contribution in [3.8, 4) is 50.6 Å². The molecule has 0 saturated heterocycles. The maximum Gasteiger partial charge on any atom is 0.120 e. The van der Waals surface area contributed by atoms with E-state index in [9.17, 15) is 0 Å². The van der Waals surface area contributed by atoms with Gasteiger partial charge in [-0.3, -0.25) is 4.98 Å². The molecule has 0 fully saturated rings. The van der Waals surface area contributed by atoms with E-state index in [1.165, 1.54) is 16.3 Å². The molecule has 1 radical (unpaired) electrons. The molecule has 0 N–H and O–H groups in total. The number of fused-ring (bicyclic) bond motifs is 6. The quantitative estimate of drug-likeness (QED) is 0.113. The smallest absolute Gasteiger partial charge is 0.120 e. The first kappa shape index (κ1) is 43.6. The van der Waals surface area contributed by atoms with Gasteiger partial charge in [-0.25, -0.2) is 0 Å². The fourth-order valence-corrected chi connectivity index (χ4v) is 10.5. The second-order valence-corrected chi connectivity index (χ2v) is 23.0. The molecule has 0 atom stereocenters. The van der Waals surface area contributed by atoms with Crippen LogP contribution in [-0.2, 0) is 26.5 Å². The van der Waals surface area contributed by atoms with Crippen LogP contribution in [-0.4, -0.2) is 22.6 Å². The van der Waals surface area contributed by atoms with Crippen molar-refractivity contribution in [1.82, 2.24) is 14.5 Å². The molecule has 4 nitrogen and oxygen atoms in total. The van der Waals surface area contributed by atoms with Crippen LogP contribution in [0.1, 0.15) is 19.4 Å². The zero-order valence-electron chi connectivity index (χ0n) is 37.3. The molecule has 3 aromatic heterocycles. The third-order valence-electron chi connectivity index (χ3n) is 12.0. The molecule has 321 valence electrons. The van der Waals surface area contributed by atoms with Crippen molar-refractivity contribution in [2.24, 2.45) is 5.92 Å². The van der Waals surface area contributed by atoms with Crippen LogP contribution < -0.4 is 5.19 Å². The minimum Gasteiger partial charge on any atom is -0.501 e. The molecule has 0 amide bonds. The van der Waals surface area contributed by atoms with Gasteiger partial charge in [0.15, 0.2) is 0 Å². The van der Waals surface area contributed by atoms with Crippen LogP contribution >= 0.6 is 0 Å². The van der Waals surface area contributed by atoms with Crippen molar-refractivity contribution < 1.29 is 24.5 Å². The van der Waals surface area contributed by atoms with Crippen molar-refractivity contribution in [2.45, 2.75) is 39.9 Å². The fourth-order valence-electron chi connectivity index (χ4n) is 8.95. The average molecular weight is 1040 g/mol. The van der Waals surface area contributed by atoms with Crippen LogP contribution in [0.4, 0.5) is 0 Å². The summed E-state index contributed by atoms with van der Waals surface area (Å²) < 4.78 is 8.81. The Balaban J connectivity index is 0.000000215. The number of aromatic nitrogens is 3. The number of hydrogen-bond acceptors (Lipinski definition) is 3. The third kappa shape index (κ3) is 8.66. The summed E-state index contributed by atoms with van der Waals surface area (Å²) >= 11 is 0. The van der Waals surface area contributed by atoms with E-state index in [1.807, 2.05) is 36.4 Å². The zero-order chi connectivity index (χ0) is 43.8. The number of imidazole rings is 1. The van der Waals surface area contributed by atoms with Crippen molar-refractivity contribution in [3.63, 3.8) is 0 Å². The summed E-state index contributed by atoms with van der Waals surface area (Å²) in [7, 11) is -1.34. The monoisotopic (exact) mass is 1040 g/mol. The Morgan fingerprint density at radius 2 is 1.34 bits per heavy atom. The molecular formula is C59H49IrN3OSi-2. The summed E-state index contributed by atoms with van der Waals surface area (Å²) in [6, 6.07) is 70.1. The summed E-state index contributed by atoms with van der Waals surface area (Å²) in [5.74, 6) is 1.46. The number of para-hydroxylation sites is 1. The summed E-state index contributed by atoms with van der Waals surface area (Å²) in [4.78, 5) is 10.1. The number of pyridine rings is 1. The summed E-state index contributed by atoms with van der Waals surface area (Å²) in [5.41, 5.74) is 13.7. The molecule has 0 aliphatic carbocycles. The van der Waals surface area contributed by atoms with Gasteiger partial charge in [0.25, 0.3) is 0 Å². The second kappa shape index (κ2) is 18.4. The topological polar surface area (TPSA) is 43.9 Å². The van der Waals surface area contributed by atoms with E-state index in [1.54, 1.807) is 0 Å². The number of hydrogen-bond donors (Lipinski definition) is 0. The first-order valence-electron chi connectivity index (χ1n) is 22.2. The minimum atomic E-state index is -1.34. The predicted octanol–water partition coefficient (Wildman–Crippen LogP) is 15.2. The zero-order valence-corrected chi connectivity index (χ0v) is 40.7. The first-order chi connectivity index (χ1) is 31.2. The van der Waals surface area contributed by atoms with E-state index >= 15 is 0 Å². The molecule has 0 unspecified atom stereocenters. The van der Waals surface area contributed by atoms with Crippen LogP contribution in [0.5, 0.6) is 0 Å². The third-order valence-corrected chi connectivity index (χ3v) is 14.0. The maximum atomic E-state index is 6.52. The van der Waals surface area contributed by atoms with Gasteiger partial charge in [0, 0.05) is 48.3 Å². The Bertz CT molecular complexity index is 3420. The number of rotatable bonds is 8. The van der Waals surface area contributed by atoms with Crippen LogP contribution in [0.25, 0.3) is 94.3 Å². The standard InChI is InChI=1S/C41H25N2O.C18H24NSi.Ir/c1-3-12-27(13-4-1)30-23-24-36(35(26-30)28-14-5-2-6-15-28)43-37-25-22-29-16-7-8-17-31(29)39(37)42-41(43)34-20-11-19-33-32-18-9-10-21-38(32)44-40(33)34;1-14(2)11-16-12-17(15-9-7-6-8-10-15)19-13-18(16)20(3,4)5;/h1-19,21-26H;6-9,12-14H,11H2,1-5H3;/q2*-1;. The average Bonchev–Trinajstić information content (AvgIpc) is 3.91. The molecule has 11 aromatic rings. The number of benzene rings is 8. The van der Waals surface area contributed by atoms with Gasteiger partial charge < -0.3 is 14.0 Å². The molecule has 8 aromatic carbocycles. The van der Waals surface area contributed by atoms with E-state index in [0.717, 1.165) is 95.2 Å². The molecule has 3 heterocycles. The second-order valence-electron chi connectivity index (χ2n) is 17.9. The molecule has 0 saturated carbocycles. The molecule has 0 aliphatic rings. The van der Waals surface area contributed by atoms with Crippen molar-refractivity contribution in [2.75, 3.05) is 0 Å². The molecule has 0 bridgehead atoms. The molecule has 65 heavy (non-hydrogen) atoms. The van der Waals surface area contributed by atoms with Gasteiger partial charge in [0.05, 0.1) is 30.5 Å². The maximum absolute atomic E-state index is 6.52. The Morgan fingerprint density at radius 3 is 2.08 bits per heavy atom. The SMILES string of the molecule is CC(C)Cc1cc(-c2[c-]cccc2)ncc1[Si](C)(C)C.[Ir].[c-]1ccc2c(oc3ccccc32)c1-c1nc2c3ccccc3ccc2n1-c1ccc(-c2ccccc2)cc1-c1ccccc1. The van der Waals surface area contributed by atoms with Gasteiger partial charge in [-0.2, -0.15) is 0 Å². The number of nitrogens with zero attached hydrogens (tertiary/aromatic N) is 3. The molecule has 11 rings (SSSR count). The minimum absolute atomic E-state index is 0. The predicted molar refractivity (Wildman–Crippen MR) is 271 cm³/mol. The van der Waals surface area contributed by atoms with E-state index in [-0.39, 0.29) is 20.1 Å². The van der Waals surface area contributed by atoms with E-state index < -0.39 is 8.07 Å². The van der Waals surface area contributed by atoms with Crippen LogP contribution in [0.2, 0.25) is 19.6 Å². The van der Waals surface area contributed by atoms with Crippen LogP contribution in [0.15, 0.2) is 193 Å². The Kier molecular flexibility index (Phi) is 12.3. The van der Waals surface area contributed by atoms with Crippen molar-refractivity contribution in [1.29, 1.82) is 0 Å². The molecule has 0 aliphatic heterocycles. The Labute approximate surface area is 396 Å². The van der Waals surface area contributed by atoms with E-state index in [0.29, 0.717) is 5.92 Å². The van der Waals surface area contributed by atoms with Gasteiger partial charge in [-0.15, -0.1) is 54.1 Å².